The van der Waals surface area contributed by atoms with Crippen molar-refractivity contribution in [3.05, 3.63) is 75.8 Å². The SMILES string of the molecule is O=C1NC(=O)C2C1[C@]1(C(F)(F)F)C=C(c3ccc(Cl)cc3)[C@@]2(c2ccc(Cl)cc2)C1. The summed E-state index contributed by atoms with van der Waals surface area (Å²) in [5.74, 6) is -4.21. The molecule has 5 rings (SSSR count). The summed E-state index contributed by atoms with van der Waals surface area (Å²) in [5, 5.41) is 3.01. The van der Waals surface area contributed by atoms with Crippen LogP contribution >= 0.6 is 23.2 Å². The highest BCUT2D eigenvalue weighted by atomic mass is 35.5. The van der Waals surface area contributed by atoms with Gasteiger partial charge in [-0.2, -0.15) is 13.2 Å². The fourth-order valence-corrected chi connectivity index (χ4v) is 5.86. The maximum absolute atomic E-state index is 14.5. The zero-order valence-electron chi connectivity index (χ0n) is 15.3. The Hall–Kier alpha value is -2.31. The first kappa shape index (κ1) is 19.6. The number of carbonyl (C=O) groups excluding carboxylic acids is 2. The molecule has 1 N–H and O–H groups in total. The first-order valence-corrected chi connectivity index (χ1v) is 10.0. The van der Waals surface area contributed by atoms with E-state index in [4.69, 9.17) is 23.2 Å². The number of hydrogen-bond acceptors (Lipinski definition) is 2. The van der Waals surface area contributed by atoms with E-state index in [0.29, 0.717) is 26.7 Å². The maximum Gasteiger partial charge on any atom is 0.398 e. The van der Waals surface area contributed by atoms with Crippen molar-refractivity contribution in [1.82, 2.24) is 5.32 Å². The van der Waals surface area contributed by atoms with Gasteiger partial charge < -0.3 is 0 Å². The van der Waals surface area contributed by atoms with Crippen LogP contribution in [0.4, 0.5) is 13.2 Å². The Morgan fingerprint density at radius 3 is 1.97 bits per heavy atom. The molecule has 2 bridgehead atoms. The zero-order chi connectivity index (χ0) is 21.5. The summed E-state index contributed by atoms with van der Waals surface area (Å²) in [5.41, 5.74) is -2.30. The molecule has 2 fully saturated rings. The smallest absolute Gasteiger partial charge is 0.296 e. The van der Waals surface area contributed by atoms with Gasteiger partial charge >= 0.3 is 6.18 Å². The number of hydrogen-bond donors (Lipinski definition) is 1. The quantitative estimate of drug-likeness (QED) is 0.640. The first-order chi connectivity index (χ1) is 14.1. The van der Waals surface area contributed by atoms with Gasteiger partial charge in [-0.3, -0.25) is 14.9 Å². The second-order valence-corrected chi connectivity index (χ2v) is 8.94. The Balaban J connectivity index is 1.84. The summed E-state index contributed by atoms with van der Waals surface area (Å²) in [6.45, 7) is 0. The van der Waals surface area contributed by atoms with E-state index in [1.807, 2.05) is 0 Å². The Morgan fingerprint density at radius 1 is 0.867 bits per heavy atom. The van der Waals surface area contributed by atoms with E-state index in [1.165, 1.54) is 0 Å². The molecule has 3 nitrogen and oxygen atoms in total. The molecule has 2 aliphatic carbocycles. The highest BCUT2D eigenvalue weighted by Gasteiger charge is 2.79. The summed E-state index contributed by atoms with van der Waals surface area (Å²) in [6, 6.07) is 12.9. The van der Waals surface area contributed by atoms with Crippen LogP contribution in [0.2, 0.25) is 10.0 Å². The number of rotatable bonds is 2. The van der Waals surface area contributed by atoms with Gasteiger partial charge in [0, 0.05) is 15.5 Å². The minimum Gasteiger partial charge on any atom is -0.296 e. The van der Waals surface area contributed by atoms with Crippen molar-refractivity contribution in [3.63, 3.8) is 0 Å². The Labute approximate surface area is 179 Å². The average molecular weight is 452 g/mol. The molecular formula is C22H14Cl2F3NO2. The van der Waals surface area contributed by atoms with Crippen molar-refractivity contribution >= 4 is 40.6 Å². The zero-order valence-corrected chi connectivity index (χ0v) is 16.8. The fraction of sp³-hybridized carbons (Fsp3) is 0.273. The van der Waals surface area contributed by atoms with Crippen LogP contribution in [0, 0.1) is 17.3 Å². The molecule has 0 aromatic heterocycles. The number of nitrogens with one attached hydrogen (secondary N) is 1. The third-order valence-corrected chi connectivity index (χ3v) is 7.23. The van der Waals surface area contributed by atoms with Gasteiger partial charge in [0.05, 0.1) is 17.3 Å². The Morgan fingerprint density at radius 2 is 1.40 bits per heavy atom. The van der Waals surface area contributed by atoms with Gasteiger partial charge in [-0.05, 0) is 47.4 Å². The summed E-state index contributed by atoms with van der Waals surface area (Å²) >= 11 is 12.0. The van der Waals surface area contributed by atoms with E-state index in [0.717, 1.165) is 6.08 Å². The molecular weight excluding hydrogens is 438 g/mol. The second-order valence-electron chi connectivity index (χ2n) is 8.07. The molecule has 1 aliphatic heterocycles. The normalized spacial score (nSPS) is 32.2. The van der Waals surface area contributed by atoms with Gasteiger partial charge in [-0.25, -0.2) is 0 Å². The van der Waals surface area contributed by atoms with E-state index in [-0.39, 0.29) is 0 Å². The molecule has 2 unspecified atom stereocenters. The molecule has 2 aromatic carbocycles. The lowest BCUT2D eigenvalue weighted by molar-refractivity contribution is -0.216. The van der Waals surface area contributed by atoms with Crippen LogP contribution in [0.3, 0.4) is 0 Å². The molecule has 8 heteroatoms. The maximum atomic E-state index is 14.5. The number of benzene rings is 2. The summed E-state index contributed by atoms with van der Waals surface area (Å²) in [4.78, 5) is 25.4. The number of fused-ring (bicyclic) bond motifs is 5. The molecule has 30 heavy (non-hydrogen) atoms. The minimum atomic E-state index is -4.71. The van der Waals surface area contributed by atoms with Crippen LogP contribution in [-0.4, -0.2) is 18.0 Å². The molecule has 1 saturated heterocycles. The topological polar surface area (TPSA) is 46.2 Å². The van der Waals surface area contributed by atoms with Gasteiger partial charge in [0.25, 0.3) is 0 Å². The summed E-state index contributed by atoms with van der Waals surface area (Å²) in [7, 11) is 0. The van der Waals surface area contributed by atoms with Crippen LogP contribution in [0.1, 0.15) is 17.5 Å². The number of halogens is 5. The van der Waals surface area contributed by atoms with Crippen LogP contribution in [-0.2, 0) is 15.0 Å². The number of carbonyl (C=O) groups is 2. The van der Waals surface area contributed by atoms with Crippen LogP contribution in [0.25, 0.3) is 5.57 Å². The third-order valence-electron chi connectivity index (χ3n) is 6.73. The third kappa shape index (κ3) is 2.35. The number of allylic oxidation sites excluding steroid dienone is 2. The number of imide groups is 1. The molecule has 1 heterocycles. The van der Waals surface area contributed by atoms with Gasteiger partial charge in [0.1, 0.15) is 0 Å². The molecule has 154 valence electrons. The van der Waals surface area contributed by atoms with E-state index in [9.17, 15) is 22.8 Å². The Kier molecular flexibility index (Phi) is 4.00. The predicted molar refractivity (Wildman–Crippen MR) is 106 cm³/mol. The van der Waals surface area contributed by atoms with Crippen molar-refractivity contribution in [3.8, 4) is 0 Å². The molecule has 4 atom stereocenters. The monoisotopic (exact) mass is 451 g/mol. The van der Waals surface area contributed by atoms with Crippen molar-refractivity contribution in [2.75, 3.05) is 0 Å². The molecule has 3 aliphatic rings. The highest BCUT2D eigenvalue weighted by molar-refractivity contribution is 6.31. The van der Waals surface area contributed by atoms with E-state index < -0.39 is 47.1 Å². The molecule has 0 spiro atoms. The van der Waals surface area contributed by atoms with Crippen molar-refractivity contribution in [2.24, 2.45) is 17.3 Å². The van der Waals surface area contributed by atoms with Crippen molar-refractivity contribution in [1.29, 1.82) is 0 Å². The summed E-state index contributed by atoms with van der Waals surface area (Å²) in [6.07, 6.45) is -3.96. The standard InChI is InChI=1S/C22H14Cl2F3NO2/c23-13-5-1-11(2-6-13)15-9-20(22(25,26)27)10-21(15,12-3-7-14(24)8-4-12)17-16(20)18(29)28-19(17)30/h1-9,16-17H,10H2,(H,28,29,30)/t16?,17?,20-,21-/m0/s1. The van der Waals surface area contributed by atoms with E-state index >= 15 is 0 Å². The van der Waals surface area contributed by atoms with E-state index in [1.54, 1.807) is 48.5 Å². The largest absolute Gasteiger partial charge is 0.398 e. The Bertz CT molecular complexity index is 1110. The minimum absolute atomic E-state index is 0.380. The average Bonchev–Trinajstić information content (AvgIpc) is 3.30. The first-order valence-electron chi connectivity index (χ1n) is 9.27. The van der Waals surface area contributed by atoms with Gasteiger partial charge in [0.15, 0.2) is 0 Å². The van der Waals surface area contributed by atoms with Gasteiger partial charge in [0.2, 0.25) is 11.8 Å². The fourth-order valence-electron chi connectivity index (χ4n) is 5.60. The molecule has 1 saturated carbocycles. The number of alkyl halides is 3. The molecule has 2 aromatic rings. The van der Waals surface area contributed by atoms with Crippen LogP contribution < -0.4 is 5.32 Å². The van der Waals surface area contributed by atoms with Crippen LogP contribution in [0.5, 0.6) is 0 Å². The van der Waals surface area contributed by atoms with E-state index in [2.05, 4.69) is 5.32 Å². The van der Waals surface area contributed by atoms with Gasteiger partial charge in [-0.1, -0.05) is 53.5 Å². The van der Waals surface area contributed by atoms with Gasteiger partial charge in [-0.15, -0.1) is 0 Å². The molecule has 2 amide bonds. The van der Waals surface area contributed by atoms with Crippen molar-refractivity contribution in [2.45, 2.75) is 18.0 Å². The van der Waals surface area contributed by atoms with Crippen LogP contribution in [0.15, 0.2) is 54.6 Å². The summed E-state index contributed by atoms with van der Waals surface area (Å²) < 4.78 is 43.5. The number of amides is 2. The predicted octanol–water partition coefficient (Wildman–Crippen LogP) is 5.17. The lowest BCUT2D eigenvalue weighted by Gasteiger charge is -2.37. The lowest BCUT2D eigenvalue weighted by atomic mass is 9.63. The van der Waals surface area contributed by atoms with Crippen molar-refractivity contribution < 1.29 is 22.8 Å². The lowest BCUT2D eigenvalue weighted by Crippen LogP contribution is -2.44. The molecule has 0 radical (unpaired) electrons. The second kappa shape index (κ2) is 6.11. The highest BCUT2D eigenvalue weighted by Crippen LogP contribution is 2.74.